The van der Waals surface area contributed by atoms with Gasteiger partial charge in [0.25, 0.3) is 0 Å². The van der Waals surface area contributed by atoms with E-state index >= 15 is 0 Å². The van der Waals surface area contributed by atoms with Gasteiger partial charge in [-0.15, -0.1) is 0 Å². The minimum Gasteiger partial charge on any atom is -0.399 e. The van der Waals surface area contributed by atoms with Gasteiger partial charge in [0, 0.05) is 12.1 Å². The fraction of sp³-hybridized carbons (Fsp3) is 0.385. The minimum atomic E-state index is -1.32. The third kappa shape index (κ3) is 1.52. The van der Waals surface area contributed by atoms with Crippen molar-refractivity contribution in [2.75, 3.05) is 0 Å². The van der Waals surface area contributed by atoms with Crippen LogP contribution in [0.5, 0.6) is 0 Å². The van der Waals surface area contributed by atoms with E-state index in [9.17, 15) is 19.2 Å². The molecule has 2 saturated heterocycles. The molecular weight excluding hydrogens is 262 g/mol. The van der Waals surface area contributed by atoms with Crippen LogP contribution in [0.1, 0.15) is 12.8 Å². The molecule has 4 N–H and O–H groups in total. The van der Waals surface area contributed by atoms with Gasteiger partial charge in [-0.25, -0.2) is 0 Å². The molecule has 0 bridgehead atoms. The van der Waals surface area contributed by atoms with Crippen molar-refractivity contribution in [3.8, 4) is 0 Å². The zero-order valence-electron chi connectivity index (χ0n) is 10.5. The summed E-state index contributed by atoms with van der Waals surface area (Å²) in [6.45, 7) is 0. The summed E-state index contributed by atoms with van der Waals surface area (Å²) in [5.41, 5.74) is 4.76. The molecule has 3 aliphatic rings. The molecule has 3 rings (SSSR count). The third-order valence-electron chi connectivity index (χ3n) is 4.13. The lowest BCUT2D eigenvalue weighted by molar-refractivity contribution is -0.144. The SMILES string of the molecule is NC1=CC2(C3CCC(=O)NC3=O)C(=O)NC(=O)C2C=C1. The van der Waals surface area contributed by atoms with Crippen LogP contribution in [-0.2, 0) is 19.2 Å². The largest absolute Gasteiger partial charge is 0.399 e. The molecule has 0 aromatic rings. The van der Waals surface area contributed by atoms with Gasteiger partial charge in [-0.2, -0.15) is 0 Å². The number of fused-ring (bicyclic) bond motifs is 1. The van der Waals surface area contributed by atoms with Crippen molar-refractivity contribution in [3.63, 3.8) is 0 Å². The average molecular weight is 275 g/mol. The second-order valence-corrected chi connectivity index (χ2v) is 5.24. The molecule has 2 heterocycles. The van der Waals surface area contributed by atoms with E-state index in [2.05, 4.69) is 10.6 Å². The average Bonchev–Trinajstić information content (AvgIpc) is 2.61. The number of amides is 4. The van der Waals surface area contributed by atoms with Crippen LogP contribution in [0.25, 0.3) is 0 Å². The topological polar surface area (TPSA) is 118 Å². The number of nitrogens with two attached hydrogens (primary N) is 1. The van der Waals surface area contributed by atoms with Crippen LogP contribution in [0.15, 0.2) is 23.9 Å². The molecule has 0 aromatic carbocycles. The molecule has 20 heavy (non-hydrogen) atoms. The van der Waals surface area contributed by atoms with Gasteiger partial charge in [-0.3, -0.25) is 29.8 Å². The Morgan fingerprint density at radius 1 is 1.15 bits per heavy atom. The molecule has 7 heteroatoms. The number of piperidine rings is 1. The predicted octanol–water partition coefficient (Wildman–Crippen LogP) is -1.29. The Balaban J connectivity index is 2.09. The Labute approximate surface area is 114 Å². The fourth-order valence-corrected chi connectivity index (χ4v) is 3.21. The molecule has 0 radical (unpaired) electrons. The molecule has 3 atom stereocenters. The lowest BCUT2D eigenvalue weighted by Gasteiger charge is -2.37. The highest BCUT2D eigenvalue weighted by molar-refractivity contribution is 6.13. The second kappa shape index (κ2) is 4.03. The van der Waals surface area contributed by atoms with Gasteiger partial charge in [0.2, 0.25) is 23.6 Å². The molecule has 3 unspecified atom stereocenters. The van der Waals surface area contributed by atoms with Crippen LogP contribution in [0.3, 0.4) is 0 Å². The van der Waals surface area contributed by atoms with Crippen LogP contribution >= 0.6 is 0 Å². The second-order valence-electron chi connectivity index (χ2n) is 5.24. The maximum atomic E-state index is 12.3. The van der Waals surface area contributed by atoms with Gasteiger partial charge in [0.05, 0.1) is 17.3 Å². The number of hydrogen-bond donors (Lipinski definition) is 3. The number of imide groups is 2. The summed E-state index contributed by atoms with van der Waals surface area (Å²) in [5.74, 6) is -3.41. The number of carbonyl (C=O) groups is 4. The lowest BCUT2D eigenvalue weighted by atomic mass is 9.63. The molecule has 104 valence electrons. The lowest BCUT2D eigenvalue weighted by Crippen LogP contribution is -2.52. The summed E-state index contributed by atoms with van der Waals surface area (Å²) in [6.07, 6.45) is 4.92. The van der Waals surface area contributed by atoms with Gasteiger partial charge >= 0.3 is 0 Å². The molecule has 4 amide bonds. The van der Waals surface area contributed by atoms with Crippen molar-refractivity contribution in [2.24, 2.45) is 23.0 Å². The number of hydrogen-bond acceptors (Lipinski definition) is 5. The monoisotopic (exact) mass is 275 g/mol. The Kier molecular flexibility index (Phi) is 2.53. The number of allylic oxidation sites excluding steroid dienone is 1. The van der Waals surface area contributed by atoms with Gasteiger partial charge < -0.3 is 5.73 Å². The van der Waals surface area contributed by atoms with E-state index in [0.717, 1.165) is 0 Å². The van der Waals surface area contributed by atoms with Crippen molar-refractivity contribution in [2.45, 2.75) is 12.8 Å². The summed E-state index contributed by atoms with van der Waals surface area (Å²) in [5, 5.41) is 4.48. The molecule has 0 aromatic heterocycles. The van der Waals surface area contributed by atoms with E-state index in [4.69, 9.17) is 5.73 Å². The smallest absolute Gasteiger partial charge is 0.238 e. The fourth-order valence-electron chi connectivity index (χ4n) is 3.21. The Bertz CT molecular complexity index is 607. The number of nitrogens with one attached hydrogen (secondary N) is 2. The van der Waals surface area contributed by atoms with Crippen molar-refractivity contribution < 1.29 is 19.2 Å². The normalized spacial score (nSPS) is 36.3. The first-order chi connectivity index (χ1) is 9.45. The van der Waals surface area contributed by atoms with Gasteiger partial charge in [-0.1, -0.05) is 6.08 Å². The highest BCUT2D eigenvalue weighted by Gasteiger charge is 2.60. The van der Waals surface area contributed by atoms with Crippen molar-refractivity contribution in [1.29, 1.82) is 0 Å². The van der Waals surface area contributed by atoms with Crippen LogP contribution in [0.4, 0.5) is 0 Å². The van der Waals surface area contributed by atoms with E-state index in [1.165, 1.54) is 6.08 Å². The molecule has 2 fully saturated rings. The van der Waals surface area contributed by atoms with E-state index in [1.54, 1.807) is 12.2 Å². The van der Waals surface area contributed by atoms with E-state index in [-0.39, 0.29) is 18.7 Å². The maximum Gasteiger partial charge on any atom is 0.238 e. The van der Waals surface area contributed by atoms with E-state index in [0.29, 0.717) is 5.70 Å². The van der Waals surface area contributed by atoms with E-state index < -0.39 is 35.0 Å². The minimum absolute atomic E-state index is 0.143. The van der Waals surface area contributed by atoms with Gasteiger partial charge in [0.15, 0.2) is 0 Å². The van der Waals surface area contributed by atoms with Crippen molar-refractivity contribution in [3.05, 3.63) is 23.9 Å². The standard InChI is InChI=1S/C13H13N3O4/c14-6-1-2-7-11(19)16-12(20)13(7,5-6)8-3-4-9(17)15-10(8)18/h1-2,5,7-8H,3-4,14H2,(H,15,17,18)(H,16,19,20). The van der Waals surface area contributed by atoms with Crippen molar-refractivity contribution >= 4 is 23.6 Å². The van der Waals surface area contributed by atoms with Crippen LogP contribution in [0, 0.1) is 17.3 Å². The maximum absolute atomic E-state index is 12.3. The third-order valence-corrected chi connectivity index (χ3v) is 4.13. The number of rotatable bonds is 1. The molecule has 0 spiro atoms. The predicted molar refractivity (Wildman–Crippen MR) is 66.4 cm³/mol. The molecule has 7 nitrogen and oxygen atoms in total. The Morgan fingerprint density at radius 2 is 1.90 bits per heavy atom. The summed E-state index contributed by atoms with van der Waals surface area (Å²) >= 11 is 0. The van der Waals surface area contributed by atoms with Gasteiger partial charge in [-0.05, 0) is 18.6 Å². The highest BCUT2D eigenvalue weighted by atomic mass is 16.2. The first-order valence-corrected chi connectivity index (χ1v) is 6.30. The van der Waals surface area contributed by atoms with E-state index in [1.807, 2.05) is 0 Å². The summed E-state index contributed by atoms with van der Waals surface area (Å²) in [6, 6.07) is 0. The van der Waals surface area contributed by atoms with Crippen LogP contribution in [-0.4, -0.2) is 23.6 Å². The summed E-state index contributed by atoms with van der Waals surface area (Å²) < 4.78 is 0. The van der Waals surface area contributed by atoms with Crippen LogP contribution in [0.2, 0.25) is 0 Å². The van der Waals surface area contributed by atoms with Crippen molar-refractivity contribution in [1.82, 2.24) is 10.6 Å². The first kappa shape index (κ1) is 12.6. The quantitative estimate of drug-likeness (QED) is 0.515. The molecule has 1 aliphatic carbocycles. The van der Waals surface area contributed by atoms with Gasteiger partial charge in [0.1, 0.15) is 0 Å². The zero-order chi connectivity index (χ0) is 14.5. The summed E-state index contributed by atoms with van der Waals surface area (Å²) in [7, 11) is 0. The zero-order valence-corrected chi connectivity index (χ0v) is 10.5. The van der Waals surface area contributed by atoms with Crippen LogP contribution < -0.4 is 16.4 Å². The molecule has 0 saturated carbocycles. The number of carbonyl (C=O) groups excluding carboxylic acids is 4. The summed E-state index contributed by atoms with van der Waals surface area (Å²) in [4.78, 5) is 47.5. The Morgan fingerprint density at radius 3 is 2.60 bits per heavy atom. The first-order valence-electron chi connectivity index (χ1n) is 6.30. The molecular formula is C13H13N3O4. The highest BCUT2D eigenvalue weighted by Crippen LogP contribution is 2.47. The Hall–Kier alpha value is -2.44. The molecule has 2 aliphatic heterocycles.